The second kappa shape index (κ2) is 7.02. The Morgan fingerprint density at radius 3 is 2.04 bits per heavy atom. The van der Waals surface area contributed by atoms with Crippen LogP contribution in [-0.4, -0.2) is 20.4 Å². The van der Waals surface area contributed by atoms with Crippen LogP contribution in [0.5, 0.6) is 0 Å². The smallest absolute Gasteiger partial charge is 0.246 e. The maximum Gasteiger partial charge on any atom is 0.246 e. The van der Waals surface area contributed by atoms with Gasteiger partial charge in [-0.25, -0.2) is 13.6 Å². The lowest BCUT2D eigenvalue weighted by molar-refractivity contribution is -0.116. The molecule has 0 unspecified atom stereocenters. The number of hydrogen-bond donors (Lipinski definition) is 3. The third kappa shape index (κ3) is 4.81. The molecule has 0 aromatic heterocycles. The number of sulfonamides is 1. The maximum absolute atomic E-state index is 12.3. The first-order valence-electron chi connectivity index (χ1n) is 7.44. The number of rotatable bonds is 5. The molecule has 0 aliphatic rings. The largest absolute Gasteiger partial charge is 0.374 e. The van der Waals surface area contributed by atoms with E-state index in [-0.39, 0.29) is 10.8 Å². The van der Waals surface area contributed by atoms with Crippen molar-refractivity contribution in [1.82, 2.24) is 0 Å². The van der Waals surface area contributed by atoms with Crippen LogP contribution in [0.2, 0.25) is 0 Å². The number of carbonyl (C=O) groups excluding carboxylic acids is 1. The Morgan fingerprint density at radius 2 is 1.54 bits per heavy atom. The Balaban J connectivity index is 2.03. The number of aryl methyl sites for hydroxylation is 2. The first kappa shape index (κ1) is 18.0. The zero-order valence-electron chi connectivity index (χ0n) is 13.8. The highest BCUT2D eigenvalue weighted by atomic mass is 32.2. The molecule has 128 valence electrons. The van der Waals surface area contributed by atoms with Crippen LogP contribution in [0.3, 0.4) is 0 Å². The Kier molecular flexibility index (Phi) is 5.26. The summed E-state index contributed by atoms with van der Waals surface area (Å²) < 4.78 is 22.4. The zero-order chi connectivity index (χ0) is 17.9. The van der Waals surface area contributed by atoms with Gasteiger partial charge in [0.25, 0.3) is 0 Å². The van der Waals surface area contributed by atoms with E-state index in [1.54, 1.807) is 6.92 Å². The van der Waals surface area contributed by atoms with Crippen molar-refractivity contribution in [3.05, 3.63) is 53.6 Å². The first-order valence-corrected chi connectivity index (χ1v) is 8.98. The van der Waals surface area contributed by atoms with E-state index in [4.69, 9.17) is 5.14 Å². The summed E-state index contributed by atoms with van der Waals surface area (Å²) in [6.45, 7) is 5.75. The topological polar surface area (TPSA) is 101 Å². The standard InChI is InChI=1S/C17H21N3O3S/c1-11-8-12(2)10-15(9-11)19-13(3)17(21)20-14-4-6-16(7-5-14)24(18,22)23/h4-10,13,19H,1-3H3,(H,20,21)(H2,18,22,23)/t13-/m0/s1. The van der Waals surface area contributed by atoms with Crippen molar-refractivity contribution in [1.29, 1.82) is 0 Å². The third-order valence-corrected chi connectivity index (χ3v) is 4.38. The number of nitrogens with two attached hydrogens (primary N) is 1. The van der Waals surface area contributed by atoms with E-state index in [0.29, 0.717) is 5.69 Å². The molecule has 0 bridgehead atoms. The fraction of sp³-hybridized carbons (Fsp3) is 0.235. The Hall–Kier alpha value is -2.38. The summed E-state index contributed by atoms with van der Waals surface area (Å²) in [4.78, 5) is 12.3. The monoisotopic (exact) mass is 347 g/mol. The summed E-state index contributed by atoms with van der Waals surface area (Å²) in [7, 11) is -3.74. The highest BCUT2D eigenvalue weighted by molar-refractivity contribution is 7.89. The number of hydrogen-bond acceptors (Lipinski definition) is 4. The summed E-state index contributed by atoms with van der Waals surface area (Å²) in [5, 5.41) is 10.9. The average molecular weight is 347 g/mol. The van der Waals surface area contributed by atoms with Gasteiger partial charge in [0.1, 0.15) is 6.04 Å². The minimum Gasteiger partial charge on any atom is -0.374 e. The van der Waals surface area contributed by atoms with Gasteiger partial charge in [0.2, 0.25) is 15.9 Å². The highest BCUT2D eigenvalue weighted by Gasteiger charge is 2.14. The quantitative estimate of drug-likeness (QED) is 0.773. The van der Waals surface area contributed by atoms with E-state index < -0.39 is 16.1 Å². The van der Waals surface area contributed by atoms with Crippen LogP contribution in [0.4, 0.5) is 11.4 Å². The molecule has 0 heterocycles. The van der Waals surface area contributed by atoms with E-state index in [0.717, 1.165) is 16.8 Å². The molecule has 4 N–H and O–H groups in total. The van der Waals surface area contributed by atoms with Crippen LogP contribution in [0.25, 0.3) is 0 Å². The minimum atomic E-state index is -3.74. The van der Waals surface area contributed by atoms with Crippen LogP contribution in [-0.2, 0) is 14.8 Å². The molecule has 6 nitrogen and oxygen atoms in total. The lowest BCUT2D eigenvalue weighted by Gasteiger charge is -2.16. The van der Waals surface area contributed by atoms with Gasteiger partial charge in [0, 0.05) is 11.4 Å². The molecule has 0 aliphatic heterocycles. The van der Waals surface area contributed by atoms with Gasteiger partial charge in [-0.15, -0.1) is 0 Å². The highest BCUT2D eigenvalue weighted by Crippen LogP contribution is 2.16. The van der Waals surface area contributed by atoms with Gasteiger partial charge in [0.05, 0.1) is 4.90 Å². The predicted molar refractivity (Wildman–Crippen MR) is 95.4 cm³/mol. The lowest BCUT2D eigenvalue weighted by Crippen LogP contribution is -2.31. The summed E-state index contributed by atoms with van der Waals surface area (Å²) >= 11 is 0. The van der Waals surface area contributed by atoms with E-state index in [2.05, 4.69) is 16.7 Å². The zero-order valence-corrected chi connectivity index (χ0v) is 14.6. The molecule has 7 heteroatoms. The van der Waals surface area contributed by atoms with Gasteiger partial charge in [-0.05, 0) is 68.3 Å². The van der Waals surface area contributed by atoms with Crippen LogP contribution in [0.15, 0.2) is 47.4 Å². The Morgan fingerprint density at radius 1 is 1.00 bits per heavy atom. The molecule has 0 fully saturated rings. The molecule has 2 rings (SSSR count). The fourth-order valence-electron chi connectivity index (χ4n) is 2.35. The molecular formula is C17H21N3O3S. The number of carbonyl (C=O) groups is 1. The molecule has 2 aromatic carbocycles. The number of nitrogens with one attached hydrogen (secondary N) is 2. The van der Waals surface area contributed by atoms with Crippen molar-refractivity contribution in [3.63, 3.8) is 0 Å². The molecule has 0 radical (unpaired) electrons. The van der Waals surface area contributed by atoms with Gasteiger partial charge in [-0.1, -0.05) is 6.07 Å². The number of anilines is 2. The lowest BCUT2D eigenvalue weighted by atomic mass is 10.1. The van der Waals surface area contributed by atoms with Gasteiger partial charge in [-0.2, -0.15) is 0 Å². The Labute approximate surface area is 142 Å². The molecule has 2 aromatic rings. The molecule has 0 spiro atoms. The number of primary sulfonamides is 1. The third-order valence-electron chi connectivity index (χ3n) is 3.45. The SMILES string of the molecule is Cc1cc(C)cc(N[C@@H](C)C(=O)Nc2ccc(S(N)(=O)=O)cc2)c1. The van der Waals surface area contributed by atoms with Gasteiger partial charge in [-0.3, -0.25) is 4.79 Å². The van der Waals surface area contributed by atoms with Crippen molar-refractivity contribution < 1.29 is 13.2 Å². The van der Waals surface area contributed by atoms with Crippen molar-refractivity contribution in [2.45, 2.75) is 31.7 Å². The number of benzene rings is 2. The first-order chi connectivity index (χ1) is 11.1. The molecule has 24 heavy (non-hydrogen) atoms. The van der Waals surface area contributed by atoms with Crippen LogP contribution < -0.4 is 15.8 Å². The average Bonchev–Trinajstić information content (AvgIpc) is 2.45. The number of amides is 1. The summed E-state index contributed by atoms with van der Waals surface area (Å²) in [6.07, 6.45) is 0. The van der Waals surface area contributed by atoms with Crippen molar-refractivity contribution in [2.24, 2.45) is 5.14 Å². The van der Waals surface area contributed by atoms with E-state index in [1.165, 1.54) is 24.3 Å². The summed E-state index contributed by atoms with van der Waals surface area (Å²) in [5.74, 6) is -0.225. The fourth-order valence-corrected chi connectivity index (χ4v) is 2.87. The predicted octanol–water partition coefficient (Wildman–Crippen LogP) is 2.39. The van der Waals surface area contributed by atoms with Crippen LogP contribution >= 0.6 is 0 Å². The van der Waals surface area contributed by atoms with Crippen LogP contribution in [0.1, 0.15) is 18.1 Å². The van der Waals surface area contributed by atoms with Crippen molar-refractivity contribution in [3.8, 4) is 0 Å². The molecular weight excluding hydrogens is 326 g/mol. The van der Waals surface area contributed by atoms with Gasteiger partial charge in [0.15, 0.2) is 0 Å². The van der Waals surface area contributed by atoms with Gasteiger partial charge < -0.3 is 10.6 Å². The Bertz CT molecular complexity index is 826. The second-order valence-electron chi connectivity index (χ2n) is 5.80. The van der Waals surface area contributed by atoms with Gasteiger partial charge >= 0.3 is 0 Å². The molecule has 0 aliphatic carbocycles. The molecule has 1 atom stereocenters. The maximum atomic E-state index is 12.3. The summed E-state index contributed by atoms with van der Waals surface area (Å²) in [5.41, 5.74) is 3.61. The summed E-state index contributed by atoms with van der Waals surface area (Å²) in [6, 6.07) is 11.3. The minimum absolute atomic E-state index is 0.00177. The molecule has 0 saturated heterocycles. The van der Waals surface area contributed by atoms with Crippen molar-refractivity contribution in [2.75, 3.05) is 10.6 Å². The van der Waals surface area contributed by atoms with Crippen molar-refractivity contribution >= 4 is 27.3 Å². The second-order valence-corrected chi connectivity index (χ2v) is 7.36. The van der Waals surface area contributed by atoms with E-state index >= 15 is 0 Å². The van der Waals surface area contributed by atoms with E-state index in [1.807, 2.05) is 26.0 Å². The van der Waals surface area contributed by atoms with Crippen LogP contribution in [0, 0.1) is 13.8 Å². The molecule has 1 amide bonds. The van der Waals surface area contributed by atoms with E-state index in [9.17, 15) is 13.2 Å². The molecule has 0 saturated carbocycles. The normalized spacial score (nSPS) is 12.5.